The number of amides is 2. The Morgan fingerprint density at radius 2 is 1.71 bits per heavy atom. The zero-order valence-electron chi connectivity index (χ0n) is 20.1. The number of carbonyl (C=O) groups excluding carboxylic acids is 2. The van der Waals surface area contributed by atoms with Crippen molar-refractivity contribution in [1.29, 1.82) is 0 Å². The van der Waals surface area contributed by atoms with Gasteiger partial charge in [0.1, 0.15) is 11.6 Å². The van der Waals surface area contributed by atoms with Crippen molar-refractivity contribution in [1.82, 2.24) is 14.8 Å². The molecule has 0 aliphatic carbocycles. The summed E-state index contributed by atoms with van der Waals surface area (Å²) >= 11 is 0. The third kappa shape index (κ3) is 5.63. The number of aromatic nitrogens is 1. The summed E-state index contributed by atoms with van der Waals surface area (Å²) in [6.45, 7) is 7.04. The first kappa shape index (κ1) is 24.3. The zero-order chi connectivity index (χ0) is 25.2. The lowest BCUT2D eigenvalue weighted by Gasteiger charge is -2.38. The molecule has 3 N–H and O–H groups in total. The number of piperazine rings is 1. The summed E-state index contributed by atoms with van der Waals surface area (Å²) in [5.41, 5.74) is 1.94. The Labute approximate surface area is 203 Å². The number of rotatable bonds is 5. The number of carboxylic acid groups (broad SMARTS) is 1. The normalized spacial score (nSPS) is 15.6. The number of hydrogen-bond acceptors (Lipinski definition) is 5. The van der Waals surface area contributed by atoms with Crippen molar-refractivity contribution in [3.05, 3.63) is 65.9 Å². The largest absolute Gasteiger partial charge is 0.480 e. The molecule has 9 heteroatoms. The second-order valence-electron chi connectivity index (χ2n) is 9.57. The van der Waals surface area contributed by atoms with Crippen LogP contribution in [-0.2, 0) is 9.53 Å². The predicted molar refractivity (Wildman–Crippen MR) is 132 cm³/mol. The smallest absolute Gasteiger partial charge is 0.410 e. The van der Waals surface area contributed by atoms with Gasteiger partial charge in [0.2, 0.25) is 0 Å². The van der Waals surface area contributed by atoms with Crippen molar-refractivity contribution in [3.8, 4) is 0 Å². The minimum Gasteiger partial charge on any atom is -0.480 e. The molecule has 2 heterocycles. The Hall–Kier alpha value is -3.85. The van der Waals surface area contributed by atoms with E-state index < -0.39 is 17.6 Å². The summed E-state index contributed by atoms with van der Waals surface area (Å²) in [6, 6.07) is 13.4. The van der Waals surface area contributed by atoms with E-state index in [-0.39, 0.29) is 12.0 Å². The van der Waals surface area contributed by atoms with Crippen LogP contribution >= 0.6 is 0 Å². The van der Waals surface area contributed by atoms with E-state index in [9.17, 15) is 19.5 Å². The quantitative estimate of drug-likeness (QED) is 0.509. The second kappa shape index (κ2) is 9.79. The van der Waals surface area contributed by atoms with Crippen molar-refractivity contribution in [2.75, 3.05) is 31.5 Å². The average Bonchev–Trinajstić information content (AvgIpc) is 3.21. The van der Waals surface area contributed by atoms with Gasteiger partial charge in [0, 0.05) is 60.1 Å². The van der Waals surface area contributed by atoms with E-state index >= 15 is 0 Å². The first-order chi connectivity index (χ1) is 16.6. The number of ether oxygens (including phenoxy) is 1. The first-order valence-electron chi connectivity index (χ1n) is 11.5. The van der Waals surface area contributed by atoms with Crippen LogP contribution in [0.3, 0.4) is 0 Å². The number of nitrogens with zero attached hydrogens (tertiary/aromatic N) is 2. The molecule has 1 atom stereocenters. The maximum absolute atomic E-state index is 12.5. The van der Waals surface area contributed by atoms with Crippen LogP contribution in [0.25, 0.3) is 10.9 Å². The Bertz CT molecular complexity index is 1220. The molecule has 1 aliphatic rings. The minimum atomic E-state index is -0.960. The lowest BCUT2D eigenvalue weighted by molar-refractivity contribution is -0.144. The zero-order valence-corrected chi connectivity index (χ0v) is 20.1. The molecule has 1 saturated heterocycles. The van der Waals surface area contributed by atoms with Crippen LogP contribution in [0.2, 0.25) is 0 Å². The van der Waals surface area contributed by atoms with Gasteiger partial charge in [-0.05, 0) is 45.0 Å². The average molecular weight is 479 g/mol. The van der Waals surface area contributed by atoms with Crippen LogP contribution in [0.5, 0.6) is 0 Å². The lowest BCUT2D eigenvalue weighted by Crippen LogP contribution is -2.51. The second-order valence-corrected chi connectivity index (χ2v) is 9.57. The molecular formula is C26H30N4O5. The van der Waals surface area contributed by atoms with Gasteiger partial charge >= 0.3 is 12.1 Å². The first-order valence-corrected chi connectivity index (χ1v) is 11.5. The van der Waals surface area contributed by atoms with Crippen molar-refractivity contribution < 1.29 is 24.2 Å². The van der Waals surface area contributed by atoms with Gasteiger partial charge < -0.3 is 25.0 Å². The Morgan fingerprint density at radius 1 is 1.03 bits per heavy atom. The maximum Gasteiger partial charge on any atom is 0.410 e. The number of nitrogens with one attached hydrogen (secondary N) is 2. The van der Waals surface area contributed by atoms with Crippen LogP contribution in [0.4, 0.5) is 10.5 Å². The molecule has 0 saturated carbocycles. The van der Waals surface area contributed by atoms with E-state index in [0.29, 0.717) is 43.0 Å². The molecule has 3 aromatic rings. The van der Waals surface area contributed by atoms with E-state index in [4.69, 9.17) is 4.74 Å². The molecule has 0 bridgehead atoms. The SMILES string of the molecule is CC(C)(C)OC(=O)N1CCN([C@H](C(=O)O)c2c[nH]c3cc(NC(=O)c4ccccc4)ccc23)CC1. The molecule has 2 aromatic carbocycles. The van der Waals surface area contributed by atoms with E-state index in [1.165, 1.54) is 0 Å². The fourth-order valence-electron chi connectivity index (χ4n) is 4.22. The van der Waals surface area contributed by atoms with Gasteiger partial charge in [-0.25, -0.2) is 4.79 Å². The molecule has 9 nitrogen and oxygen atoms in total. The van der Waals surface area contributed by atoms with Crippen LogP contribution in [0.1, 0.15) is 42.7 Å². The van der Waals surface area contributed by atoms with Crippen LogP contribution in [0, 0.1) is 0 Å². The van der Waals surface area contributed by atoms with Crippen molar-refractivity contribution in [2.24, 2.45) is 0 Å². The topological polar surface area (TPSA) is 115 Å². The lowest BCUT2D eigenvalue weighted by atomic mass is 10.0. The van der Waals surface area contributed by atoms with Gasteiger partial charge in [-0.15, -0.1) is 0 Å². The van der Waals surface area contributed by atoms with Crippen LogP contribution in [-0.4, -0.2) is 69.6 Å². The van der Waals surface area contributed by atoms with Gasteiger partial charge in [-0.2, -0.15) is 0 Å². The van der Waals surface area contributed by atoms with Crippen molar-refractivity contribution in [3.63, 3.8) is 0 Å². The number of hydrogen-bond donors (Lipinski definition) is 3. The highest BCUT2D eigenvalue weighted by atomic mass is 16.6. The fraction of sp³-hybridized carbons (Fsp3) is 0.346. The molecule has 35 heavy (non-hydrogen) atoms. The standard InChI is InChI=1S/C26H30N4O5/c1-26(2,3)35-25(34)30-13-11-29(12-14-30)22(24(32)33)20-16-27-21-15-18(9-10-19(20)21)28-23(31)17-7-5-4-6-8-17/h4-10,15-16,22,27H,11-14H2,1-3H3,(H,28,31)(H,32,33)/t22-/m0/s1. The monoisotopic (exact) mass is 478 g/mol. The Kier molecular flexibility index (Phi) is 6.79. The molecule has 1 aliphatic heterocycles. The van der Waals surface area contributed by atoms with Gasteiger partial charge in [0.15, 0.2) is 0 Å². The number of anilines is 1. The highest BCUT2D eigenvalue weighted by Gasteiger charge is 2.34. The molecule has 1 aromatic heterocycles. The van der Waals surface area contributed by atoms with E-state index in [2.05, 4.69) is 10.3 Å². The van der Waals surface area contributed by atoms with Gasteiger partial charge in [-0.3, -0.25) is 14.5 Å². The van der Waals surface area contributed by atoms with E-state index in [1.54, 1.807) is 47.5 Å². The number of carbonyl (C=O) groups is 3. The summed E-state index contributed by atoms with van der Waals surface area (Å²) in [5.74, 6) is -1.18. The van der Waals surface area contributed by atoms with Crippen molar-refractivity contribution in [2.45, 2.75) is 32.4 Å². The third-order valence-electron chi connectivity index (χ3n) is 5.87. The fourth-order valence-corrected chi connectivity index (χ4v) is 4.22. The maximum atomic E-state index is 12.5. The minimum absolute atomic E-state index is 0.219. The summed E-state index contributed by atoms with van der Waals surface area (Å²) < 4.78 is 5.43. The predicted octanol–water partition coefficient (Wildman–Crippen LogP) is 4.10. The molecule has 184 valence electrons. The van der Waals surface area contributed by atoms with E-state index in [0.717, 1.165) is 10.9 Å². The number of fused-ring (bicyclic) bond motifs is 1. The molecular weight excluding hydrogens is 448 g/mol. The molecule has 2 amide bonds. The number of aliphatic carboxylic acids is 1. The third-order valence-corrected chi connectivity index (χ3v) is 5.87. The van der Waals surface area contributed by atoms with Crippen molar-refractivity contribution >= 4 is 34.6 Å². The van der Waals surface area contributed by atoms with Crippen LogP contribution < -0.4 is 5.32 Å². The highest BCUT2D eigenvalue weighted by Crippen LogP contribution is 2.31. The number of aromatic amines is 1. The number of carboxylic acids is 1. The van der Waals surface area contributed by atoms with Gasteiger partial charge in [0.05, 0.1) is 0 Å². The van der Waals surface area contributed by atoms with E-state index in [1.807, 2.05) is 37.8 Å². The highest BCUT2D eigenvalue weighted by molar-refractivity contribution is 6.05. The summed E-state index contributed by atoms with van der Waals surface area (Å²) in [7, 11) is 0. The molecule has 0 radical (unpaired) electrons. The summed E-state index contributed by atoms with van der Waals surface area (Å²) in [5, 5.41) is 13.7. The summed E-state index contributed by atoms with van der Waals surface area (Å²) in [4.78, 5) is 43.7. The number of H-pyrrole nitrogens is 1. The Balaban J connectivity index is 1.48. The summed E-state index contributed by atoms with van der Waals surface area (Å²) in [6.07, 6.45) is 1.31. The molecule has 0 unspecified atom stereocenters. The van der Waals surface area contributed by atoms with Gasteiger partial charge in [-0.1, -0.05) is 24.3 Å². The number of benzene rings is 2. The molecule has 0 spiro atoms. The Morgan fingerprint density at radius 3 is 2.34 bits per heavy atom. The molecule has 1 fully saturated rings. The van der Waals surface area contributed by atoms with Crippen LogP contribution in [0.15, 0.2) is 54.7 Å². The van der Waals surface area contributed by atoms with Gasteiger partial charge in [0.25, 0.3) is 5.91 Å². The molecule has 4 rings (SSSR count).